The van der Waals surface area contributed by atoms with Crippen LogP contribution in [-0.2, 0) is 11.3 Å². The van der Waals surface area contributed by atoms with E-state index in [1.807, 2.05) is 11.0 Å². The smallest absolute Gasteiger partial charge is 0.230 e. The quantitative estimate of drug-likeness (QED) is 0.875. The lowest BCUT2D eigenvalue weighted by molar-refractivity contribution is -0.144. The fourth-order valence-corrected chi connectivity index (χ4v) is 3.21. The lowest BCUT2D eigenvalue weighted by Crippen LogP contribution is -2.54. The molecule has 1 fully saturated rings. The molecule has 1 heterocycles. The third-order valence-corrected chi connectivity index (χ3v) is 5.11. The number of piperazine rings is 1. The molecule has 1 aliphatic heterocycles. The summed E-state index contributed by atoms with van der Waals surface area (Å²) in [6.07, 6.45) is 1.64. The van der Waals surface area contributed by atoms with Crippen LogP contribution in [0.3, 0.4) is 0 Å². The Morgan fingerprint density at radius 3 is 2.18 bits per heavy atom. The lowest BCUT2D eigenvalue weighted by Gasteiger charge is -2.40. The van der Waals surface area contributed by atoms with Crippen molar-refractivity contribution in [1.82, 2.24) is 9.80 Å². The third-order valence-electron chi connectivity index (χ3n) is 5.11. The van der Waals surface area contributed by atoms with Crippen molar-refractivity contribution in [1.29, 1.82) is 0 Å². The zero-order valence-electron chi connectivity index (χ0n) is 13.9. The highest BCUT2D eigenvalue weighted by Crippen LogP contribution is 2.28. The Balaban J connectivity index is 1.90. The van der Waals surface area contributed by atoms with Gasteiger partial charge in [0, 0.05) is 39.3 Å². The summed E-state index contributed by atoms with van der Waals surface area (Å²) in [7, 11) is 0. The zero-order chi connectivity index (χ0) is 16.0. The van der Waals surface area contributed by atoms with Crippen LogP contribution in [0.5, 0.6) is 0 Å². The summed E-state index contributed by atoms with van der Waals surface area (Å²) in [5, 5.41) is 0. The first kappa shape index (κ1) is 17.0. The molecule has 2 rings (SSSR count). The molecular weight excluding hydrogens is 274 g/mol. The van der Waals surface area contributed by atoms with Gasteiger partial charge in [0.1, 0.15) is 0 Å². The van der Waals surface area contributed by atoms with E-state index >= 15 is 0 Å². The number of carbonyl (C=O) groups excluding carboxylic acids is 1. The Kier molecular flexibility index (Phi) is 5.98. The maximum atomic E-state index is 12.8. The number of benzene rings is 1. The fourth-order valence-electron chi connectivity index (χ4n) is 3.21. The number of nitrogens with zero attached hydrogens (tertiary/aromatic N) is 2. The number of hydrogen-bond donors (Lipinski definition) is 1. The van der Waals surface area contributed by atoms with E-state index < -0.39 is 0 Å². The van der Waals surface area contributed by atoms with Gasteiger partial charge in [-0.15, -0.1) is 0 Å². The zero-order valence-corrected chi connectivity index (χ0v) is 13.9. The van der Waals surface area contributed by atoms with Crippen LogP contribution < -0.4 is 5.73 Å². The number of nitrogens with two attached hydrogens (primary N) is 1. The monoisotopic (exact) mass is 303 g/mol. The Hall–Kier alpha value is -1.39. The first-order valence-corrected chi connectivity index (χ1v) is 8.41. The number of hydrogen-bond acceptors (Lipinski definition) is 3. The molecule has 122 valence electrons. The van der Waals surface area contributed by atoms with Gasteiger partial charge in [-0.2, -0.15) is 0 Å². The molecule has 22 heavy (non-hydrogen) atoms. The van der Waals surface area contributed by atoms with E-state index in [0.717, 1.165) is 45.6 Å². The van der Waals surface area contributed by atoms with Crippen LogP contribution in [-0.4, -0.2) is 48.4 Å². The first-order valence-electron chi connectivity index (χ1n) is 8.41. The average molecular weight is 303 g/mol. The van der Waals surface area contributed by atoms with E-state index in [1.54, 1.807) is 0 Å². The van der Waals surface area contributed by atoms with E-state index in [0.29, 0.717) is 6.54 Å². The van der Waals surface area contributed by atoms with Crippen molar-refractivity contribution in [2.75, 3.05) is 32.7 Å². The SMILES string of the molecule is CCC(CC)(CN)C(=O)N1CCN(Cc2ccccc2)CC1. The van der Waals surface area contributed by atoms with Crippen LogP contribution in [0.15, 0.2) is 30.3 Å². The van der Waals surface area contributed by atoms with Crippen molar-refractivity contribution in [3.8, 4) is 0 Å². The summed E-state index contributed by atoms with van der Waals surface area (Å²) in [6, 6.07) is 10.5. The van der Waals surface area contributed by atoms with Gasteiger partial charge in [0.2, 0.25) is 5.91 Å². The molecule has 1 aromatic rings. The average Bonchev–Trinajstić information content (AvgIpc) is 2.58. The fraction of sp³-hybridized carbons (Fsp3) is 0.611. The molecule has 0 spiro atoms. The van der Waals surface area contributed by atoms with Crippen LogP contribution in [0.4, 0.5) is 0 Å². The lowest BCUT2D eigenvalue weighted by atomic mass is 9.81. The summed E-state index contributed by atoms with van der Waals surface area (Å²) in [5.41, 5.74) is 6.88. The van der Waals surface area contributed by atoms with Gasteiger partial charge in [0.15, 0.2) is 0 Å². The van der Waals surface area contributed by atoms with Crippen LogP contribution in [0.2, 0.25) is 0 Å². The van der Waals surface area contributed by atoms with E-state index in [-0.39, 0.29) is 11.3 Å². The number of carbonyl (C=O) groups is 1. The highest BCUT2D eigenvalue weighted by atomic mass is 16.2. The summed E-state index contributed by atoms with van der Waals surface area (Å²) in [5.74, 6) is 0.249. The van der Waals surface area contributed by atoms with Gasteiger partial charge in [-0.1, -0.05) is 44.2 Å². The Labute approximate surface area is 134 Å². The molecule has 0 atom stereocenters. The van der Waals surface area contributed by atoms with Crippen molar-refractivity contribution in [3.63, 3.8) is 0 Å². The maximum Gasteiger partial charge on any atom is 0.230 e. The molecular formula is C18H29N3O. The normalized spacial score (nSPS) is 16.8. The minimum Gasteiger partial charge on any atom is -0.340 e. The Morgan fingerprint density at radius 2 is 1.68 bits per heavy atom. The minimum absolute atomic E-state index is 0.249. The van der Waals surface area contributed by atoms with Crippen LogP contribution >= 0.6 is 0 Å². The van der Waals surface area contributed by atoms with Crippen LogP contribution in [0.25, 0.3) is 0 Å². The second kappa shape index (κ2) is 7.75. The maximum absolute atomic E-state index is 12.8. The predicted molar refractivity (Wildman–Crippen MR) is 90.4 cm³/mol. The van der Waals surface area contributed by atoms with Crippen molar-refractivity contribution in [2.24, 2.45) is 11.1 Å². The summed E-state index contributed by atoms with van der Waals surface area (Å²) < 4.78 is 0. The molecule has 0 aliphatic carbocycles. The topological polar surface area (TPSA) is 49.6 Å². The Morgan fingerprint density at radius 1 is 1.09 bits per heavy atom. The first-order chi connectivity index (χ1) is 10.6. The molecule has 1 amide bonds. The van der Waals surface area contributed by atoms with Gasteiger partial charge in [-0.25, -0.2) is 0 Å². The van der Waals surface area contributed by atoms with Gasteiger partial charge in [0.05, 0.1) is 5.41 Å². The van der Waals surface area contributed by atoms with Crippen molar-refractivity contribution < 1.29 is 4.79 Å². The van der Waals surface area contributed by atoms with Gasteiger partial charge in [-0.3, -0.25) is 9.69 Å². The molecule has 1 aromatic carbocycles. The van der Waals surface area contributed by atoms with Crippen molar-refractivity contribution in [2.45, 2.75) is 33.2 Å². The van der Waals surface area contributed by atoms with E-state index in [2.05, 4.69) is 43.0 Å². The molecule has 0 unspecified atom stereocenters. The summed E-state index contributed by atoms with van der Waals surface area (Å²) in [4.78, 5) is 17.2. The number of amides is 1. The molecule has 4 nitrogen and oxygen atoms in total. The van der Waals surface area contributed by atoms with Gasteiger partial charge < -0.3 is 10.6 Å². The Bertz CT molecular complexity index is 454. The second-order valence-corrected chi connectivity index (χ2v) is 6.25. The summed E-state index contributed by atoms with van der Waals surface area (Å²) >= 11 is 0. The van der Waals surface area contributed by atoms with Gasteiger partial charge >= 0.3 is 0 Å². The van der Waals surface area contributed by atoms with Crippen LogP contribution in [0.1, 0.15) is 32.3 Å². The highest BCUT2D eigenvalue weighted by Gasteiger charge is 2.37. The van der Waals surface area contributed by atoms with E-state index in [4.69, 9.17) is 5.73 Å². The molecule has 0 saturated carbocycles. The van der Waals surface area contributed by atoms with Crippen molar-refractivity contribution >= 4 is 5.91 Å². The van der Waals surface area contributed by atoms with Crippen LogP contribution in [0, 0.1) is 5.41 Å². The largest absolute Gasteiger partial charge is 0.340 e. The second-order valence-electron chi connectivity index (χ2n) is 6.25. The highest BCUT2D eigenvalue weighted by molar-refractivity contribution is 5.83. The molecule has 4 heteroatoms. The third kappa shape index (κ3) is 3.68. The van der Waals surface area contributed by atoms with E-state index in [9.17, 15) is 4.79 Å². The van der Waals surface area contributed by atoms with Crippen molar-refractivity contribution in [3.05, 3.63) is 35.9 Å². The predicted octanol–water partition coefficient (Wildman–Crippen LogP) is 2.10. The molecule has 0 radical (unpaired) electrons. The molecule has 0 bridgehead atoms. The van der Waals surface area contributed by atoms with Gasteiger partial charge in [-0.05, 0) is 18.4 Å². The number of rotatable bonds is 6. The minimum atomic E-state index is -0.360. The van der Waals surface area contributed by atoms with E-state index in [1.165, 1.54) is 5.56 Å². The summed E-state index contributed by atoms with van der Waals surface area (Å²) in [6.45, 7) is 9.06. The standard InChI is InChI=1S/C18H29N3O/c1-3-18(4-2,15-19)17(22)21-12-10-20(11-13-21)14-16-8-6-5-7-9-16/h5-9H,3-4,10-15,19H2,1-2H3. The molecule has 2 N–H and O–H groups in total. The molecule has 1 saturated heterocycles. The van der Waals surface area contributed by atoms with Gasteiger partial charge in [0.25, 0.3) is 0 Å². The molecule has 1 aliphatic rings. The molecule has 0 aromatic heterocycles.